The standard InChI is InChI=1S/C14H20FN3O2/c1-14(2,3)18-12(19)8-11(13(16)20)17-10-7-5-4-6-9(10)15/h4-7,11,17H,8H2,1-3H3,(H2,16,20)(H,18,19). The van der Waals surface area contributed by atoms with Gasteiger partial charge in [0.1, 0.15) is 11.9 Å². The maximum absolute atomic E-state index is 13.5. The molecule has 2 amide bonds. The largest absolute Gasteiger partial charge is 0.371 e. The first-order valence-electron chi connectivity index (χ1n) is 6.30. The predicted octanol–water partition coefficient (Wildman–Crippen LogP) is 1.40. The summed E-state index contributed by atoms with van der Waals surface area (Å²) in [5.74, 6) is -1.54. The molecule has 0 radical (unpaired) electrons. The molecule has 1 unspecified atom stereocenters. The number of carbonyl (C=O) groups excluding carboxylic acids is 2. The van der Waals surface area contributed by atoms with Crippen LogP contribution >= 0.6 is 0 Å². The van der Waals surface area contributed by atoms with E-state index in [4.69, 9.17) is 5.73 Å². The second kappa shape index (κ2) is 6.36. The predicted molar refractivity (Wildman–Crippen MR) is 75.5 cm³/mol. The number of carbonyl (C=O) groups is 2. The summed E-state index contributed by atoms with van der Waals surface area (Å²) in [4.78, 5) is 23.2. The second-order valence-corrected chi connectivity index (χ2v) is 5.58. The summed E-state index contributed by atoms with van der Waals surface area (Å²) in [5.41, 5.74) is 4.98. The van der Waals surface area contributed by atoms with E-state index in [-0.39, 0.29) is 18.0 Å². The number of hydrogen-bond donors (Lipinski definition) is 3. The van der Waals surface area contributed by atoms with Gasteiger partial charge in [-0.25, -0.2) is 4.39 Å². The number of rotatable bonds is 5. The van der Waals surface area contributed by atoms with Crippen LogP contribution in [0.4, 0.5) is 10.1 Å². The molecule has 0 bridgehead atoms. The highest BCUT2D eigenvalue weighted by Crippen LogP contribution is 2.15. The van der Waals surface area contributed by atoms with Crippen LogP contribution in [-0.4, -0.2) is 23.4 Å². The smallest absolute Gasteiger partial charge is 0.240 e. The minimum Gasteiger partial charge on any atom is -0.371 e. The van der Waals surface area contributed by atoms with Crippen molar-refractivity contribution in [2.75, 3.05) is 5.32 Å². The number of amides is 2. The van der Waals surface area contributed by atoms with E-state index >= 15 is 0 Å². The molecule has 0 aliphatic rings. The molecule has 5 nitrogen and oxygen atoms in total. The van der Waals surface area contributed by atoms with Gasteiger partial charge in [0, 0.05) is 5.54 Å². The Labute approximate surface area is 117 Å². The van der Waals surface area contributed by atoms with Gasteiger partial charge >= 0.3 is 0 Å². The summed E-state index contributed by atoms with van der Waals surface area (Å²) in [5, 5.41) is 5.38. The molecule has 1 aromatic rings. The average Bonchev–Trinajstić information content (AvgIpc) is 2.28. The number of benzene rings is 1. The lowest BCUT2D eigenvalue weighted by molar-refractivity contribution is -0.126. The molecule has 6 heteroatoms. The van der Waals surface area contributed by atoms with Gasteiger partial charge in [-0.15, -0.1) is 0 Å². The maximum atomic E-state index is 13.5. The monoisotopic (exact) mass is 281 g/mol. The number of halogens is 1. The van der Waals surface area contributed by atoms with Gasteiger partial charge in [-0.05, 0) is 32.9 Å². The Kier molecular flexibility index (Phi) is 5.07. The molecule has 0 aliphatic heterocycles. The molecule has 0 heterocycles. The number of para-hydroxylation sites is 1. The van der Waals surface area contributed by atoms with E-state index in [9.17, 15) is 14.0 Å². The van der Waals surface area contributed by atoms with E-state index in [1.807, 2.05) is 20.8 Å². The fourth-order valence-electron chi connectivity index (χ4n) is 1.64. The number of nitrogens with one attached hydrogen (secondary N) is 2. The Bertz CT molecular complexity index is 497. The van der Waals surface area contributed by atoms with Crippen LogP contribution in [0, 0.1) is 5.82 Å². The number of primary amides is 1. The molecule has 1 aromatic carbocycles. The van der Waals surface area contributed by atoms with Crippen molar-refractivity contribution in [3.8, 4) is 0 Å². The third-order valence-corrected chi connectivity index (χ3v) is 2.45. The van der Waals surface area contributed by atoms with E-state index in [0.717, 1.165) is 0 Å². The molecule has 0 saturated heterocycles. The van der Waals surface area contributed by atoms with Gasteiger partial charge in [-0.2, -0.15) is 0 Å². The Morgan fingerprint density at radius 1 is 1.30 bits per heavy atom. The van der Waals surface area contributed by atoms with E-state index in [2.05, 4.69) is 10.6 Å². The van der Waals surface area contributed by atoms with Crippen molar-refractivity contribution in [3.63, 3.8) is 0 Å². The molecular formula is C14H20FN3O2. The van der Waals surface area contributed by atoms with Gasteiger partial charge in [-0.3, -0.25) is 9.59 Å². The third kappa shape index (κ3) is 5.26. The summed E-state index contributed by atoms with van der Waals surface area (Å²) in [6.07, 6.45) is -0.152. The molecule has 20 heavy (non-hydrogen) atoms. The molecule has 0 saturated carbocycles. The topological polar surface area (TPSA) is 84.2 Å². The first-order valence-corrected chi connectivity index (χ1v) is 6.30. The van der Waals surface area contributed by atoms with Crippen LogP contribution in [0.1, 0.15) is 27.2 Å². The van der Waals surface area contributed by atoms with E-state index in [0.29, 0.717) is 0 Å². The molecule has 110 valence electrons. The van der Waals surface area contributed by atoms with Gasteiger partial charge in [0.2, 0.25) is 11.8 Å². The van der Waals surface area contributed by atoms with Crippen LogP contribution in [0.5, 0.6) is 0 Å². The lowest BCUT2D eigenvalue weighted by Crippen LogP contribution is -2.45. The SMILES string of the molecule is CC(C)(C)NC(=O)CC(Nc1ccccc1F)C(N)=O. The van der Waals surface area contributed by atoms with Crippen molar-refractivity contribution < 1.29 is 14.0 Å². The van der Waals surface area contributed by atoms with Gasteiger partial charge < -0.3 is 16.4 Å². The fourth-order valence-corrected chi connectivity index (χ4v) is 1.64. The highest BCUT2D eigenvalue weighted by atomic mass is 19.1. The van der Waals surface area contributed by atoms with E-state index in [1.165, 1.54) is 18.2 Å². The molecule has 1 atom stereocenters. The average molecular weight is 281 g/mol. The van der Waals surface area contributed by atoms with Crippen molar-refractivity contribution >= 4 is 17.5 Å². The number of nitrogens with two attached hydrogens (primary N) is 1. The van der Waals surface area contributed by atoms with Gasteiger partial charge in [-0.1, -0.05) is 12.1 Å². The van der Waals surface area contributed by atoms with Crippen LogP contribution in [0.15, 0.2) is 24.3 Å². The Balaban J connectivity index is 2.74. The highest BCUT2D eigenvalue weighted by Gasteiger charge is 2.22. The minimum absolute atomic E-state index is 0.139. The number of hydrogen-bond acceptors (Lipinski definition) is 3. The van der Waals surface area contributed by atoms with Crippen LogP contribution < -0.4 is 16.4 Å². The van der Waals surface area contributed by atoms with Crippen molar-refractivity contribution in [1.82, 2.24) is 5.32 Å². The third-order valence-electron chi connectivity index (χ3n) is 2.45. The zero-order valence-corrected chi connectivity index (χ0v) is 11.9. The number of anilines is 1. The summed E-state index contributed by atoms with van der Waals surface area (Å²) in [6, 6.07) is 4.93. The first kappa shape index (κ1) is 15.9. The quantitative estimate of drug-likeness (QED) is 0.762. The molecule has 1 rings (SSSR count). The summed E-state index contributed by atoms with van der Waals surface area (Å²) in [7, 11) is 0. The van der Waals surface area contributed by atoms with E-state index in [1.54, 1.807) is 6.07 Å². The zero-order chi connectivity index (χ0) is 15.3. The zero-order valence-electron chi connectivity index (χ0n) is 11.9. The van der Waals surface area contributed by atoms with Crippen molar-refractivity contribution in [2.45, 2.75) is 38.8 Å². The molecule has 0 aromatic heterocycles. The van der Waals surface area contributed by atoms with Crippen LogP contribution in [-0.2, 0) is 9.59 Å². The van der Waals surface area contributed by atoms with Crippen molar-refractivity contribution in [1.29, 1.82) is 0 Å². The second-order valence-electron chi connectivity index (χ2n) is 5.58. The summed E-state index contributed by atoms with van der Waals surface area (Å²) in [6.45, 7) is 5.48. The molecule has 0 fully saturated rings. The normalized spacial score (nSPS) is 12.6. The fraction of sp³-hybridized carbons (Fsp3) is 0.429. The lowest BCUT2D eigenvalue weighted by Gasteiger charge is -2.23. The van der Waals surface area contributed by atoms with Gasteiger partial charge in [0.05, 0.1) is 12.1 Å². The summed E-state index contributed by atoms with van der Waals surface area (Å²) >= 11 is 0. The Morgan fingerprint density at radius 3 is 2.40 bits per heavy atom. The first-order chi connectivity index (χ1) is 9.19. The lowest BCUT2D eigenvalue weighted by atomic mass is 10.1. The van der Waals surface area contributed by atoms with Crippen LogP contribution in [0.3, 0.4) is 0 Å². The van der Waals surface area contributed by atoms with E-state index < -0.39 is 23.3 Å². The summed E-state index contributed by atoms with van der Waals surface area (Å²) < 4.78 is 13.5. The van der Waals surface area contributed by atoms with Crippen LogP contribution in [0.2, 0.25) is 0 Å². The van der Waals surface area contributed by atoms with Crippen molar-refractivity contribution in [3.05, 3.63) is 30.1 Å². The Morgan fingerprint density at radius 2 is 1.90 bits per heavy atom. The molecule has 0 spiro atoms. The molecular weight excluding hydrogens is 261 g/mol. The van der Waals surface area contributed by atoms with Crippen molar-refractivity contribution in [2.24, 2.45) is 5.73 Å². The van der Waals surface area contributed by atoms with Gasteiger partial charge in [0.25, 0.3) is 0 Å². The molecule has 4 N–H and O–H groups in total. The molecule has 0 aliphatic carbocycles. The highest BCUT2D eigenvalue weighted by molar-refractivity contribution is 5.89. The van der Waals surface area contributed by atoms with Crippen LogP contribution in [0.25, 0.3) is 0 Å². The van der Waals surface area contributed by atoms with Gasteiger partial charge in [0.15, 0.2) is 0 Å². The minimum atomic E-state index is -0.964. The maximum Gasteiger partial charge on any atom is 0.240 e. The Hall–Kier alpha value is -2.11.